The fourth-order valence-corrected chi connectivity index (χ4v) is 4.17. The largest absolute Gasteiger partial charge is 0.489 e. The summed E-state index contributed by atoms with van der Waals surface area (Å²) in [6.07, 6.45) is 1.24. The summed E-state index contributed by atoms with van der Waals surface area (Å²) in [6.45, 7) is 0.162. The number of hydrogen-bond acceptors (Lipinski definition) is 3. The lowest BCUT2D eigenvalue weighted by atomic mass is 10.0. The van der Waals surface area contributed by atoms with Crippen LogP contribution < -0.4 is 4.74 Å². The molecule has 6 heteroatoms. The fourth-order valence-electron chi connectivity index (χ4n) is 3.18. The third-order valence-electron chi connectivity index (χ3n) is 4.70. The molecule has 0 fully saturated rings. The maximum absolute atomic E-state index is 11.0. The Bertz CT molecular complexity index is 990. The van der Waals surface area contributed by atoms with E-state index < -0.39 is 12.1 Å². The molecule has 2 N–H and O–H groups in total. The summed E-state index contributed by atoms with van der Waals surface area (Å²) >= 11 is 9.74. The monoisotopic (exact) mass is 488 g/mol. The van der Waals surface area contributed by atoms with Gasteiger partial charge in [0.2, 0.25) is 0 Å². The summed E-state index contributed by atoms with van der Waals surface area (Å²) in [5.41, 5.74) is 3.25. The predicted octanol–water partition coefficient (Wildman–Crippen LogP) is 5.57. The summed E-state index contributed by atoms with van der Waals surface area (Å²) in [6, 6.07) is 20.2. The molecule has 3 aromatic carbocycles. The number of rotatable bonds is 9. The number of carboxylic acids is 1. The minimum atomic E-state index is -0.940. The van der Waals surface area contributed by atoms with E-state index in [0.717, 1.165) is 21.2 Å². The molecule has 0 aromatic heterocycles. The van der Waals surface area contributed by atoms with Gasteiger partial charge in [-0.15, -0.1) is 0 Å². The second-order valence-electron chi connectivity index (χ2n) is 7.03. The number of halogens is 2. The summed E-state index contributed by atoms with van der Waals surface area (Å²) in [4.78, 5) is 11.0. The molecule has 30 heavy (non-hydrogen) atoms. The Balaban J connectivity index is 1.66. The number of aryl methyl sites for hydroxylation is 2. The highest BCUT2D eigenvalue weighted by atomic mass is 79.9. The molecule has 1 unspecified atom stereocenters. The topological polar surface area (TPSA) is 66.8 Å². The maximum atomic E-state index is 11.0. The van der Waals surface area contributed by atoms with Crippen LogP contribution in [0.5, 0.6) is 5.75 Å². The molecular weight excluding hydrogens is 468 g/mol. The van der Waals surface area contributed by atoms with E-state index in [1.54, 1.807) is 18.2 Å². The number of aliphatic hydroxyl groups is 1. The van der Waals surface area contributed by atoms with Gasteiger partial charge in [0.1, 0.15) is 12.4 Å². The van der Waals surface area contributed by atoms with Crippen molar-refractivity contribution in [1.29, 1.82) is 0 Å². The number of hydrogen-bond donors (Lipinski definition) is 2. The number of aromatic carboxylic acids is 1. The zero-order valence-electron chi connectivity index (χ0n) is 16.2. The second-order valence-corrected chi connectivity index (χ2v) is 8.32. The van der Waals surface area contributed by atoms with Crippen LogP contribution in [0.1, 0.15) is 27.0 Å². The van der Waals surface area contributed by atoms with Gasteiger partial charge in [0.25, 0.3) is 0 Å². The number of carboxylic acid groups (broad SMARTS) is 1. The zero-order valence-corrected chi connectivity index (χ0v) is 18.6. The zero-order chi connectivity index (χ0) is 21.5. The van der Waals surface area contributed by atoms with Crippen molar-refractivity contribution in [1.82, 2.24) is 0 Å². The van der Waals surface area contributed by atoms with Crippen molar-refractivity contribution in [3.8, 4) is 5.75 Å². The average molecular weight is 490 g/mol. The second kappa shape index (κ2) is 10.6. The van der Waals surface area contributed by atoms with E-state index in [9.17, 15) is 9.90 Å². The molecule has 0 aliphatic heterocycles. The summed E-state index contributed by atoms with van der Waals surface area (Å²) in [5.74, 6) is -0.279. The number of carbonyl (C=O) groups is 1. The van der Waals surface area contributed by atoms with Gasteiger partial charge in [-0.3, -0.25) is 0 Å². The van der Waals surface area contributed by atoms with Crippen molar-refractivity contribution >= 4 is 33.5 Å². The van der Waals surface area contributed by atoms with E-state index in [0.29, 0.717) is 30.0 Å². The molecule has 0 saturated carbocycles. The smallest absolute Gasteiger partial charge is 0.335 e. The Morgan fingerprint density at radius 1 is 1.00 bits per heavy atom. The van der Waals surface area contributed by atoms with Gasteiger partial charge in [-0.1, -0.05) is 54.1 Å². The quantitative estimate of drug-likeness (QED) is 0.412. The molecule has 3 rings (SSSR count). The lowest BCUT2D eigenvalue weighted by molar-refractivity contribution is 0.0697. The highest BCUT2D eigenvalue weighted by Crippen LogP contribution is 2.34. The van der Waals surface area contributed by atoms with Gasteiger partial charge in [0, 0.05) is 11.4 Å². The molecule has 1 atom stereocenters. The van der Waals surface area contributed by atoms with E-state index in [4.69, 9.17) is 21.4 Å². The molecule has 4 nitrogen and oxygen atoms in total. The first-order valence-electron chi connectivity index (χ1n) is 9.57. The van der Waals surface area contributed by atoms with Gasteiger partial charge in [-0.05, 0) is 69.7 Å². The standard InChI is InChI=1S/C24H22BrClO4/c25-22-14-20(26)13-19(11-8-16-6-9-18(10-7-16)24(28)29)23(22)30-15-21(27)12-17-4-2-1-3-5-17/h1-7,9-10,13-14,21,27H,8,11-12,15H2,(H,28,29). The summed E-state index contributed by atoms with van der Waals surface area (Å²) in [5, 5.41) is 20.0. The lowest BCUT2D eigenvalue weighted by Gasteiger charge is -2.17. The van der Waals surface area contributed by atoms with Gasteiger partial charge < -0.3 is 14.9 Å². The Hall–Kier alpha value is -2.34. The van der Waals surface area contributed by atoms with Gasteiger partial charge in [-0.25, -0.2) is 4.79 Å². The third kappa shape index (κ3) is 6.33. The predicted molar refractivity (Wildman–Crippen MR) is 122 cm³/mol. The first-order valence-corrected chi connectivity index (χ1v) is 10.7. The van der Waals surface area contributed by atoms with Crippen LogP contribution in [0.25, 0.3) is 0 Å². The highest BCUT2D eigenvalue weighted by Gasteiger charge is 2.14. The van der Waals surface area contributed by atoms with Crippen molar-refractivity contribution in [3.05, 3.63) is 98.5 Å². The molecule has 0 aliphatic carbocycles. The van der Waals surface area contributed by atoms with Gasteiger partial charge in [0.05, 0.1) is 16.1 Å². The minimum Gasteiger partial charge on any atom is -0.489 e. The third-order valence-corrected chi connectivity index (χ3v) is 5.51. The Kier molecular flexibility index (Phi) is 7.91. The van der Waals surface area contributed by atoms with Gasteiger partial charge >= 0.3 is 5.97 Å². The Morgan fingerprint density at radius 2 is 1.70 bits per heavy atom. The molecule has 0 radical (unpaired) electrons. The number of ether oxygens (including phenoxy) is 1. The SMILES string of the molecule is O=C(O)c1ccc(CCc2cc(Cl)cc(Br)c2OCC(O)Cc2ccccc2)cc1. The van der Waals surface area contributed by atoms with Crippen molar-refractivity contribution in [3.63, 3.8) is 0 Å². The van der Waals surface area contributed by atoms with Crippen molar-refractivity contribution in [2.45, 2.75) is 25.4 Å². The van der Waals surface area contributed by atoms with E-state index in [1.165, 1.54) is 0 Å². The van der Waals surface area contributed by atoms with Crippen LogP contribution >= 0.6 is 27.5 Å². The first-order chi connectivity index (χ1) is 14.4. The van der Waals surface area contributed by atoms with Gasteiger partial charge in [0.15, 0.2) is 0 Å². The molecule has 0 heterocycles. The molecule has 0 aliphatic rings. The van der Waals surface area contributed by atoms with Crippen LogP contribution in [0.2, 0.25) is 5.02 Å². The number of aliphatic hydroxyl groups excluding tert-OH is 1. The summed E-state index contributed by atoms with van der Waals surface area (Å²) in [7, 11) is 0. The maximum Gasteiger partial charge on any atom is 0.335 e. The van der Waals surface area contributed by atoms with Gasteiger partial charge in [-0.2, -0.15) is 0 Å². The van der Waals surface area contributed by atoms with Crippen LogP contribution in [0.4, 0.5) is 0 Å². The molecule has 0 bridgehead atoms. The number of benzene rings is 3. The fraction of sp³-hybridized carbons (Fsp3) is 0.208. The molecule has 3 aromatic rings. The highest BCUT2D eigenvalue weighted by molar-refractivity contribution is 9.10. The van der Waals surface area contributed by atoms with E-state index in [1.807, 2.05) is 48.5 Å². The Labute approximate surface area is 189 Å². The van der Waals surface area contributed by atoms with E-state index >= 15 is 0 Å². The molecular formula is C24H22BrClO4. The first kappa shape index (κ1) is 22.3. The van der Waals surface area contributed by atoms with Crippen molar-refractivity contribution < 1.29 is 19.7 Å². The molecule has 0 spiro atoms. The minimum absolute atomic E-state index is 0.162. The van der Waals surface area contributed by atoms with Crippen LogP contribution in [-0.2, 0) is 19.3 Å². The average Bonchev–Trinajstić information content (AvgIpc) is 2.72. The normalized spacial score (nSPS) is 11.8. The molecule has 156 valence electrons. The Morgan fingerprint density at radius 3 is 2.37 bits per heavy atom. The molecule has 0 saturated heterocycles. The van der Waals surface area contributed by atoms with Crippen LogP contribution in [0.3, 0.4) is 0 Å². The lowest BCUT2D eigenvalue weighted by Crippen LogP contribution is -2.20. The van der Waals surface area contributed by atoms with E-state index in [2.05, 4.69) is 15.9 Å². The van der Waals surface area contributed by atoms with Crippen LogP contribution in [-0.4, -0.2) is 28.9 Å². The van der Waals surface area contributed by atoms with Crippen molar-refractivity contribution in [2.24, 2.45) is 0 Å². The summed E-state index contributed by atoms with van der Waals surface area (Å²) < 4.78 is 6.70. The molecule has 0 amide bonds. The van der Waals surface area contributed by atoms with Crippen molar-refractivity contribution in [2.75, 3.05) is 6.61 Å². The van der Waals surface area contributed by atoms with Crippen LogP contribution in [0.15, 0.2) is 71.2 Å². The van der Waals surface area contributed by atoms with E-state index in [-0.39, 0.29) is 12.2 Å². The van der Waals surface area contributed by atoms with Crippen LogP contribution in [0, 0.1) is 0 Å².